The van der Waals surface area contributed by atoms with Crippen molar-refractivity contribution in [2.75, 3.05) is 13.2 Å². The molecule has 4 unspecified atom stereocenters. The summed E-state index contributed by atoms with van der Waals surface area (Å²) in [6.07, 6.45) is 4.49. The summed E-state index contributed by atoms with van der Waals surface area (Å²) >= 11 is 3.86. The summed E-state index contributed by atoms with van der Waals surface area (Å²) in [4.78, 5) is -0.0503. The Balaban J connectivity index is 1.84. The summed E-state index contributed by atoms with van der Waals surface area (Å²) in [6.45, 7) is 1.52. The molecule has 3 aliphatic heterocycles. The third-order valence-electron chi connectivity index (χ3n) is 2.87. The highest BCUT2D eigenvalue weighted by Gasteiger charge is 2.82. The van der Waals surface area contributed by atoms with Gasteiger partial charge in [0.25, 0.3) is 0 Å². The quantitative estimate of drug-likeness (QED) is 0.432. The molecule has 4 heteroatoms. The molecule has 4 aliphatic rings. The van der Waals surface area contributed by atoms with Gasteiger partial charge in [0.1, 0.15) is 0 Å². The first-order chi connectivity index (χ1) is 5.86. The number of thioether (sulfide) groups is 2. The largest absolute Gasteiger partial charge is 0.356 e. The van der Waals surface area contributed by atoms with Gasteiger partial charge in [0, 0.05) is 5.25 Å². The molecule has 12 heavy (non-hydrogen) atoms. The van der Waals surface area contributed by atoms with E-state index in [1.165, 1.54) is 0 Å². The third kappa shape index (κ3) is 0.557. The van der Waals surface area contributed by atoms with Crippen LogP contribution in [0.2, 0.25) is 0 Å². The zero-order valence-electron chi connectivity index (χ0n) is 6.36. The van der Waals surface area contributed by atoms with Gasteiger partial charge in [-0.15, -0.1) is 11.8 Å². The summed E-state index contributed by atoms with van der Waals surface area (Å²) < 4.78 is 11.6. The van der Waals surface area contributed by atoms with E-state index in [1.54, 1.807) is 0 Å². The summed E-state index contributed by atoms with van der Waals surface area (Å²) in [6, 6.07) is 0. The Hall–Kier alpha value is 0.360. The van der Waals surface area contributed by atoms with Crippen molar-refractivity contribution < 1.29 is 9.47 Å². The van der Waals surface area contributed by atoms with E-state index in [-0.39, 0.29) is 9.87 Å². The van der Waals surface area contributed by atoms with Gasteiger partial charge >= 0.3 is 0 Å². The maximum absolute atomic E-state index is 5.85. The van der Waals surface area contributed by atoms with Crippen LogP contribution in [0.3, 0.4) is 0 Å². The van der Waals surface area contributed by atoms with Crippen LogP contribution in [-0.2, 0) is 9.47 Å². The highest BCUT2D eigenvalue weighted by Crippen LogP contribution is 2.78. The van der Waals surface area contributed by atoms with Crippen molar-refractivity contribution in [3.8, 4) is 0 Å². The van der Waals surface area contributed by atoms with Crippen molar-refractivity contribution in [1.82, 2.24) is 0 Å². The van der Waals surface area contributed by atoms with Crippen LogP contribution in [0.1, 0.15) is 0 Å². The zero-order valence-corrected chi connectivity index (χ0v) is 7.99. The highest BCUT2D eigenvalue weighted by molar-refractivity contribution is 8.14. The molecule has 0 aromatic rings. The molecule has 3 heterocycles. The van der Waals surface area contributed by atoms with E-state index in [9.17, 15) is 0 Å². The SMILES string of the molecule is C1=CC23OCCOC2(S3)C2SC12. The lowest BCUT2D eigenvalue weighted by Gasteiger charge is -2.27. The first-order valence-corrected chi connectivity index (χ1v) is 5.95. The Morgan fingerprint density at radius 1 is 1.33 bits per heavy atom. The van der Waals surface area contributed by atoms with E-state index in [0.29, 0.717) is 5.25 Å². The minimum Gasteiger partial charge on any atom is -0.356 e. The predicted octanol–water partition coefficient (Wildman–Crippen LogP) is 1.23. The second-order valence-electron chi connectivity index (χ2n) is 3.51. The summed E-state index contributed by atoms with van der Waals surface area (Å²) in [5.41, 5.74) is 0. The molecule has 64 valence electrons. The van der Waals surface area contributed by atoms with Crippen molar-refractivity contribution in [3.63, 3.8) is 0 Å². The van der Waals surface area contributed by atoms with Gasteiger partial charge in [0.2, 0.25) is 0 Å². The van der Waals surface area contributed by atoms with Crippen LogP contribution >= 0.6 is 23.5 Å². The molecule has 0 amide bonds. The Labute approximate surface area is 79.1 Å². The normalized spacial score (nSPS) is 64.7. The van der Waals surface area contributed by atoms with E-state index in [0.717, 1.165) is 18.5 Å². The minimum absolute atomic E-state index is 0.0231. The molecule has 1 aliphatic carbocycles. The molecule has 0 aromatic carbocycles. The third-order valence-corrected chi connectivity index (χ3v) is 6.00. The smallest absolute Gasteiger partial charge is 0.174 e. The number of hydrogen-bond donors (Lipinski definition) is 0. The minimum atomic E-state index is -0.0735. The number of rotatable bonds is 0. The monoisotopic (exact) mass is 200 g/mol. The average molecular weight is 200 g/mol. The molecule has 3 fully saturated rings. The van der Waals surface area contributed by atoms with Crippen LogP contribution in [0.5, 0.6) is 0 Å². The van der Waals surface area contributed by atoms with Crippen LogP contribution in [0.25, 0.3) is 0 Å². The van der Waals surface area contributed by atoms with Crippen LogP contribution in [0, 0.1) is 0 Å². The van der Waals surface area contributed by atoms with E-state index in [1.807, 2.05) is 23.5 Å². The van der Waals surface area contributed by atoms with Gasteiger partial charge in [-0.05, 0) is 6.08 Å². The fourth-order valence-electron chi connectivity index (χ4n) is 2.18. The maximum atomic E-state index is 5.85. The molecular weight excluding hydrogens is 192 g/mol. The first kappa shape index (κ1) is 6.76. The first-order valence-electron chi connectivity index (χ1n) is 4.19. The zero-order chi connectivity index (χ0) is 7.81. The number of ether oxygens (including phenoxy) is 2. The van der Waals surface area contributed by atoms with Gasteiger partial charge in [-0.1, -0.05) is 17.8 Å². The lowest BCUT2D eigenvalue weighted by atomic mass is 10.0. The van der Waals surface area contributed by atoms with Gasteiger partial charge < -0.3 is 9.47 Å². The van der Waals surface area contributed by atoms with Gasteiger partial charge in [0.15, 0.2) is 9.87 Å². The van der Waals surface area contributed by atoms with Crippen LogP contribution in [-0.4, -0.2) is 33.6 Å². The van der Waals surface area contributed by atoms with Crippen LogP contribution in [0.15, 0.2) is 12.2 Å². The standard InChI is InChI=1S/C8H8O2S2/c1-2-7-8(12-7,6-5(1)11-6)10-4-3-9-7/h1-2,5-6H,3-4H2. The molecule has 0 N–H and O–H groups in total. The lowest BCUT2D eigenvalue weighted by Crippen LogP contribution is -2.42. The van der Waals surface area contributed by atoms with Crippen molar-refractivity contribution in [2.45, 2.75) is 20.4 Å². The molecule has 3 saturated heterocycles. The van der Waals surface area contributed by atoms with E-state index in [4.69, 9.17) is 9.47 Å². The Morgan fingerprint density at radius 2 is 2.25 bits per heavy atom. The number of hydrogen-bond acceptors (Lipinski definition) is 4. The summed E-state index contributed by atoms with van der Waals surface area (Å²) in [5, 5.41) is 1.39. The topological polar surface area (TPSA) is 18.5 Å². The number of fused-ring (bicyclic) bond motifs is 1. The fraction of sp³-hybridized carbons (Fsp3) is 0.750. The Bertz CT molecular complexity index is 293. The van der Waals surface area contributed by atoms with Gasteiger partial charge in [-0.3, -0.25) is 0 Å². The lowest BCUT2D eigenvalue weighted by molar-refractivity contribution is -0.119. The summed E-state index contributed by atoms with van der Waals surface area (Å²) in [7, 11) is 0. The van der Waals surface area contributed by atoms with Crippen molar-refractivity contribution in [2.24, 2.45) is 0 Å². The fourth-order valence-corrected chi connectivity index (χ4v) is 5.18. The average Bonchev–Trinajstić information content (AvgIpc) is 2.95. The molecule has 4 atom stereocenters. The molecule has 0 spiro atoms. The Kier molecular flexibility index (Phi) is 0.989. The van der Waals surface area contributed by atoms with Crippen molar-refractivity contribution >= 4 is 23.5 Å². The second-order valence-corrected chi connectivity index (χ2v) is 6.26. The molecule has 4 rings (SSSR count). The molecule has 0 aromatic heterocycles. The second kappa shape index (κ2) is 1.75. The van der Waals surface area contributed by atoms with E-state index in [2.05, 4.69) is 12.2 Å². The van der Waals surface area contributed by atoms with Gasteiger partial charge in [-0.2, -0.15) is 0 Å². The maximum Gasteiger partial charge on any atom is 0.174 e. The van der Waals surface area contributed by atoms with Gasteiger partial charge in [0.05, 0.1) is 18.5 Å². The van der Waals surface area contributed by atoms with Crippen LogP contribution in [0.4, 0.5) is 0 Å². The molecule has 0 radical (unpaired) electrons. The molecular formula is C8H8O2S2. The van der Waals surface area contributed by atoms with Crippen molar-refractivity contribution in [3.05, 3.63) is 12.2 Å². The van der Waals surface area contributed by atoms with Crippen molar-refractivity contribution in [1.29, 1.82) is 0 Å². The van der Waals surface area contributed by atoms with Gasteiger partial charge in [-0.25, -0.2) is 0 Å². The highest BCUT2D eigenvalue weighted by atomic mass is 32.2. The molecule has 0 saturated carbocycles. The predicted molar refractivity (Wildman–Crippen MR) is 49.3 cm³/mol. The molecule has 2 nitrogen and oxygen atoms in total. The van der Waals surface area contributed by atoms with E-state index >= 15 is 0 Å². The molecule has 0 bridgehead atoms. The summed E-state index contributed by atoms with van der Waals surface area (Å²) in [5.74, 6) is 0. The Morgan fingerprint density at radius 3 is 3.25 bits per heavy atom. The van der Waals surface area contributed by atoms with E-state index < -0.39 is 0 Å². The van der Waals surface area contributed by atoms with Crippen LogP contribution < -0.4 is 0 Å².